The highest BCUT2D eigenvalue weighted by molar-refractivity contribution is 5.92. The average Bonchev–Trinajstić information content (AvgIpc) is 2.93. The van der Waals surface area contributed by atoms with Gasteiger partial charge in [-0.2, -0.15) is 0 Å². The normalized spacial score (nSPS) is 27.9. The third-order valence-electron chi connectivity index (χ3n) is 4.45. The number of aromatic amines is 1. The fourth-order valence-electron chi connectivity index (χ4n) is 3.45. The second-order valence-corrected chi connectivity index (χ2v) is 6.11. The van der Waals surface area contributed by atoms with E-state index >= 15 is 0 Å². The minimum absolute atomic E-state index is 0.103. The molecule has 2 atom stereocenters. The van der Waals surface area contributed by atoms with E-state index in [9.17, 15) is 9.59 Å². The zero-order valence-corrected chi connectivity index (χ0v) is 12.3. The van der Waals surface area contributed by atoms with Crippen LogP contribution >= 0.6 is 0 Å². The number of amides is 1. The molecule has 0 aromatic carbocycles. The maximum Gasteiger partial charge on any atom is 0.270 e. The fraction of sp³-hybridized carbons (Fsp3) is 0.600. The van der Waals surface area contributed by atoms with Crippen LogP contribution in [-0.2, 0) is 9.47 Å². The molecule has 21 heavy (non-hydrogen) atoms. The molecule has 1 aromatic rings. The Hall–Kier alpha value is -1.66. The van der Waals surface area contributed by atoms with Crippen LogP contribution in [0.5, 0.6) is 0 Å². The van der Waals surface area contributed by atoms with Crippen LogP contribution in [0, 0.1) is 18.3 Å². The number of pyridine rings is 1. The van der Waals surface area contributed by atoms with Crippen molar-refractivity contribution in [2.45, 2.75) is 6.92 Å². The predicted molar refractivity (Wildman–Crippen MR) is 76.3 cm³/mol. The largest absolute Gasteiger partial charge is 0.384 e. The van der Waals surface area contributed by atoms with E-state index in [0.717, 1.165) is 0 Å². The first-order valence-electron chi connectivity index (χ1n) is 7.11. The molecule has 2 aliphatic heterocycles. The molecule has 0 unspecified atom stereocenters. The number of aryl methyl sites for hydroxylation is 1. The lowest BCUT2D eigenvalue weighted by Crippen LogP contribution is -2.37. The van der Waals surface area contributed by atoms with Gasteiger partial charge in [0.2, 0.25) is 0 Å². The third kappa shape index (κ3) is 2.49. The molecule has 1 N–H and O–H groups in total. The summed E-state index contributed by atoms with van der Waals surface area (Å²) in [7, 11) is 1.67. The van der Waals surface area contributed by atoms with Crippen LogP contribution in [0.3, 0.4) is 0 Å². The zero-order chi connectivity index (χ0) is 15.0. The Balaban J connectivity index is 1.82. The summed E-state index contributed by atoms with van der Waals surface area (Å²) >= 11 is 0. The number of carbonyl (C=O) groups is 1. The first-order chi connectivity index (χ1) is 10.0. The van der Waals surface area contributed by atoms with Gasteiger partial charge in [-0.25, -0.2) is 0 Å². The van der Waals surface area contributed by atoms with Crippen LogP contribution in [0.2, 0.25) is 0 Å². The van der Waals surface area contributed by atoms with Crippen LogP contribution < -0.4 is 5.43 Å². The van der Waals surface area contributed by atoms with Gasteiger partial charge in [0, 0.05) is 49.4 Å². The van der Waals surface area contributed by atoms with Gasteiger partial charge in [-0.3, -0.25) is 9.59 Å². The van der Waals surface area contributed by atoms with Gasteiger partial charge in [0.1, 0.15) is 5.69 Å². The van der Waals surface area contributed by atoms with E-state index in [1.54, 1.807) is 18.9 Å². The van der Waals surface area contributed by atoms with Crippen molar-refractivity contribution in [3.05, 3.63) is 33.7 Å². The van der Waals surface area contributed by atoms with Gasteiger partial charge in [0.15, 0.2) is 5.43 Å². The Morgan fingerprint density at radius 2 is 2.38 bits per heavy atom. The maximum atomic E-state index is 12.6. The molecule has 3 heterocycles. The number of likely N-dealkylation sites (tertiary alicyclic amines) is 1. The molecular formula is C15H20N2O4. The minimum atomic E-state index is -0.149. The Kier molecular flexibility index (Phi) is 3.59. The molecule has 1 aromatic heterocycles. The SMILES string of the molecule is COC[C@@]12COC[C@@H]1CN(C(=O)c1cc(=O)cc(C)[nH]1)C2. The highest BCUT2D eigenvalue weighted by Gasteiger charge is 2.52. The monoisotopic (exact) mass is 292 g/mol. The summed E-state index contributed by atoms with van der Waals surface area (Å²) in [4.78, 5) is 28.9. The Morgan fingerprint density at radius 1 is 1.57 bits per heavy atom. The molecule has 6 heteroatoms. The number of aromatic nitrogens is 1. The van der Waals surface area contributed by atoms with Gasteiger partial charge < -0.3 is 19.4 Å². The molecule has 2 saturated heterocycles. The predicted octanol–water partition coefficient (Wildman–Crippen LogP) is 0.418. The molecule has 3 rings (SSSR count). The molecular weight excluding hydrogens is 272 g/mol. The number of carbonyl (C=O) groups excluding carboxylic acids is 1. The summed E-state index contributed by atoms with van der Waals surface area (Å²) in [6, 6.07) is 2.85. The number of hydrogen-bond donors (Lipinski definition) is 1. The van der Waals surface area contributed by atoms with Crippen molar-refractivity contribution in [2.24, 2.45) is 11.3 Å². The highest BCUT2D eigenvalue weighted by atomic mass is 16.5. The number of H-pyrrole nitrogens is 1. The number of methoxy groups -OCH3 is 1. The van der Waals surface area contributed by atoms with E-state index in [1.165, 1.54) is 12.1 Å². The lowest BCUT2D eigenvalue weighted by atomic mass is 9.82. The third-order valence-corrected chi connectivity index (χ3v) is 4.45. The number of nitrogens with zero attached hydrogens (tertiary/aromatic N) is 1. The minimum Gasteiger partial charge on any atom is -0.384 e. The molecule has 2 aliphatic rings. The maximum absolute atomic E-state index is 12.6. The Labute approximate surface area is 123 Å². The molecule has 0 aliphatic carbocycles. The van der Waals surface area contributed by atoms with E-state index in [0.29, 0.717) is 50.2 Å². The summed E-state index contributed by atoms with van der Waals surface area (Å²) in [6.45, 7) is 4.92. The van der Waals surface area contributed by atoms with Crippen LogP contribution in [0.1, 0.15) is 16.2 Å². The molecule has 1 amide bonds. The average molecular weight is 292 g/mol. The van der Waals surface area contributed by atoms with E-state index in [4.69, 9.17) is 9.47 Å². The quantitative estimate of drug-likeness (QED) is 0.876. The number of hydrogen-bond acceptors (Lipinski definition) is 4. The zero-order valence-electron chi connectivity index (χ0n) is 12.3. The molecule has 0 spiro atoms. The summed E-state index contributed by atoms with van der Waals surface area (Å²) in [5.74, 6) is 0.179. The Bertz CT molecular complexity index is 612. The second kappa shape index (κ2) is 5.27. The summed E-state index contributed by atoms with van der Waals surface area (Å²) < 4.78 is 10.9. The van der Waals surface area contributed by atoms with Gasteiger partial charge in [0.25, 0.3) is 5.91 Å². The number of fused-ring (bicyclic) bond motifs is 1. The van der Waals surface area contributed by atoms with Crippen molar-refractivity contribution in [2.75, 3.05) is 40.0 Å². The van der Waals surface area contributed by atoms with Gasteiger partial charge in [0.05, 0.1) is 19.8 Å². The fourth-order valence-corrected chi connectivity index (χ4v) is 3.45. The van der Waals surface area contributed by atoms with Crippen molar-refractivity contribution >= 4 is 5.91 Å². The van der Waals surface area contributed by atoms with Crippen molar-refractivity contribution in [3.8, 4) is 0 Å². The standard InChI is InChI=1S/C15H20N2O4/c1-10-3-12(18)4-13(16-10)14(19)17-5-11-6-21-9-15(11,7-17)8-20-2/h3-4,11H,5-9H2,1-2H3,(H,16,18)/t11-,15-/m0/s1. The lowest BCUT2D eigenvalue weighted by molar-refractivity contribution is 0.0487. The van der Waals surface area contributed by atoms with E-state index in [-0.39, 0.29) is 16.8 Å². The molecule has 2 fully saturated rings. The highest BCUT2D eigenvalue weighted by Crippen LogP contribution is 2.41. The second-order valence-electron chi connectivity index (χ2n) is 6.11. The molecule has 114 valence electrons. The lowest BCUT2D eigenvalue weighted by Gasteiger charge is -2.25. The van der Waals surface area contributed by atoms with Crippen molar-refractivity contribution in [1.82, 2.24) is 9.88 Å². The number of nitrogens with one attached hydrogen (secondary N) is 1. The smallest absolute Gasteiger partial charge is 0.270 e. The summed E-state index contributed by atoms with van der Waals surface area (Å²) in [6.07, 6.45) is 0. The van der Waals surface area contributed by atoms with Gasteiger partial charge in [-0.1, -0.05) is 0 Å². The van der Waals surface area contributed by atoms with Crippen molar-refractivity contribution < 1.29 is 14.3 Å². The van der Waals surface area contributed by atoms with E-state index in [1.807, 2.05) is 0 Å². The number of rotatable bonds is 3. The van der Waals surface area contributed by atoms with Crippen molar-refractivity contribution in [3.63, 3.8) is 0 Å². The summed E-state index contributed by atoms with van der Waals surface area (Å²) in [5, 5.41) is 0. The van der Waals surface area contributed by atoms with Crippen LogP contribution in [-0.4, -0.2) is 55.8 Å². The first kappa shape index (κ1) is 14.3. The number of ether oxygens (including phenoxy) is 2. The van der Waals surface area contributed by atoms with Gasteiger partial charge >= 0.3 is 0 Å². The van der Waals surface area contributed by atoms with Crippen LogP contribution in [0.25, 0.3) is 0 Å². The molecule has 0 bridgehead atoms. The van der Waals surface area contributed by atoms with Gasteiger partial charge in [-0.05, 0) is 6.92 Å². The van der Waals surface area contributed by atoms with Gasteiger partial charge in [-0.15, -0.1) is 0 Å². The van der Waals surface area contributed by atoms with Crippen molar-refractivity contribution in [1.29, 1.82) is 0 Å². The summed E-state index contributed by atoms with van der Waals surface area (Å²) in [5.41, 5.74) is 0.798. The molecule has 0 radical (unpaired) electrons. The molecule has 6 nitrogen and oxygen atoms in total. The molecule has 0 saturated carbocycles. The van der Waals surface area contributed by atoms with E-state index in [2.05, 4.69) is 4.98 Å². The Morgan fingerprint density at radius 3 is 3.10 bits per heavy atom. The van der Waals surface area contributed by atoms with Crippen LogP contribution in [0.4, 0.5) is 0 Å². The van der Waals surface area contributed by atoms with E-state index < -0.39 is 0 Å². The van der Waals surface area contributed by atoms with Crippen LogP contribution in [0.15, 0.2) is 16.9 Å². The topological polar surface area (TPSA) is 71.6 Å². The first-order valence-corrected chi connectivity index (χ1v) is 7.11.